The van der Waals surface area contributed by atoms with E-state index in [-0.39, 0.29) is 39.9 Å². The molecule has 1 aromatic carbocycles. The van der Waals surface area contributed by atoms with Gasteiger partial charge in [0, 0.05) is 25.3 Å². The molecule has 0 saturated carbocycles. The number of carbonyl (C=O) groups excluding carboxylic acids is 2. The highest BCUT2D eigenvalue weighted by molar-refractivity contribution is 6.00. The van der Waals surface area contributed by atoms with E-state index in [0.717, 1.165) is 0 Å². The van der Waals surface area contributed by atoms with Gasteiger partial charge in [0.25, 0.3) is 0 Å². The second kappa shape index (κ2) is 7.75. The average Bonchev–Trinajstić information content (AvgIpc) is 2.65. The molecule has 1 atom stereocenters. The fourth-order valence-corrected chi connectivity index (χ4v) is 3.93. The van der Waals surface area contributed by atoms with E-state index in [9.17, 15) is 14.9 Å². The molecule has 2 aliphatic rings. The van der Waals surface area contributed by atoms with Crippen molar-refractivity contribution >= 4 is 11.8 Å². The monoisotopic (exact) mass is 412 g/mol. The lowest BCUT2D eigenvalue weighted by Gasteiger charge is -2.37. The molecule has 2 N–H and O–H groups in total. The van der Waals surface area contributed by atoms with E-state index < -0.39 is 11.9 Å². The summed E-state index contributed by atoms with van der Waals surface area (Å²) in [6.45, 7) is 5.22. The molecule has 0 spiro atoms. The maximum atomic E-state index is 13.1. The molecule has 1 aliphatic heterocycles. The summed E-state index contributed by atoms with van der Waals surface area (Å²) in [5.74, 6) is -0.371. The Hall–Kier alpha value is -3.47. The molecule has 1 heterocycles. The van der Waals surface area contributed by atoms with Crippen LogP contribution in [0.25, 0.3) is 0 Å². The molecule has 158 valence electrons. The molecule has 0 aromatic heterocycles. The van der Waals surface area contributed by atoms with Crippen LogP contribution >= 0.6 is 0 Å². The molecule has 0 unspecified atom stereocenters. The van der Waals surface area contributed by atoms with Crippen molar-refractivity contribution in [1.29, 1.82) is 5.26 Å². The highest BCUT2D eigenvalue weighted by atomic mass is 16.6. The number of rotatable bonds is 4. The lowest BCUT2D eigenvalue weighted by atomic mass is 9.70. The van der Waals surface area contributed by atoms with Crippen molar-refractivity contribution in [3.63, 3.8) is 0 Å². The summed E-state index contributed by atoms with van der Waals surface area (Å²) in [6, 6.07) is 5.29. The predicted molar refractivity (Wildman–Crippen MR) is 107 cm³/mol. The van der Waals surface area contributed by atoms with Crippen molar-refractivity contribution in [3.05, 3.63) is 40.5 Å². The average molecular weight is 412 g/mol. The fourth-order valence-electron chi connectivity index (χ4n) is 3.93. The van der Waals surface area contributed by atoms with Crippen molar-refractivity contribution in [2.75, 3.05) is 14.2 Å². The standard InChI is InChI=1S/C22H24N2O6/c1-11(25)29-20-15(27-4)6-12(7-16(20)28-5)18-13(10-23)21(24)30-17-9-22(2,3)8-14(26)19(17)18/h6-7,18H,8-9,24H2,1-5H3/t18-/m1/s1. The van der Waals surface area contributed by atoms with Crippen LogP contribution in [0.15, 0.2) is 34.9 Å². The Labute approximate surface area is 174 Å². The van der Waals surface area contributed by atoms with Crippen molar-refractivity contribution in [2.45, 2.75) is 39.5 Å². The van der Waals surface area contributed by atoms with Crippen LogP contribution in [0.3, 0.4) is 0 Å². The zero-order valence-electron chi connectivity index (χ0n) is 17.6. The van der Waals surface area contributed by atoms with Crippen LogP contribution in [0, 0.1) is 16.7 Å². The van der Waals surface area contributed by atoms with Gasteiger partial charge in [0.1, 0.15) is 17.4 Å². The van der Waals surface area contributed by atoms with Crippen molar-refractivity contribution < 1.29 is 28.5 Å². The van der Waals surface area contributed by atoms with Crippen LogP contribution in [0.4, 0.5) is 0 Å². The molecule has 0 bridgehead atoms. The molecule has 1 aromatic rings. The maximum absolute atomic E-state index is 13.1. The van der Waals surface area contributed by atoms with Crippen LogP contribution < -0.4 is 19.9 Å². The largest absolute Gasteiger partial charge is 0.493 e. The third-order valence-electron chi connectivity index (χ3n) is 5.14. The number of benzene rings is 1. The molecule has 1 aliphatic carbocycles. The Morgan fingerprint density at radius 2 is 1.83 bits per heavy atom. The molecule has 8 nitrogen and oxygen atoms in total. The van der Waals surface area contributed by atoms with Crippen LogP contribution in [0.5, 0.6) is 17.2 Å². The van der Waals surface area contributed by atoms with Gasteiger partial charge in [-0.15, -0.1) is 0 Å². The molecular weight excluding hydrogens is 388 g/mol. The Morgan fingerprint density at radius 3 is 2.33 bits per heavy atom. The summed E-state index contributed by atoms with van der Waals surface area (Å²) in [5, 5.41) is 9.77. The summed E-state index contributed by atoms with van der Waals surface area (Å²) in [6.07, 6.45) is 0.841. The first-order valence-electron chi connectivity index (χ1n) is 9.40. The van der Waals surface area contributed by atoms with E-state index >= 15 is 0 Å². The quantitative estimate of drug-likeness (QED) is 0.592. The van der Waals surface area contributed by atoms with E-state index in [2.05, 4.69) is 6.07 Å². The van der Waals surface area contributed by atoms with Crippen LogP contribution in [-0.4, -0.2) is 26.0 Å². The number of methoxy groups -OCH3 is 2. The first-order chi connectivity index (χ1) is 14.1. The van der Waals surface area contributed by atoms with E-state index in [1.54, 1.807) is 12.1 Å². The Kier molecular flexibility index (Phi) is 5.49. The number of Topliss-reactive ketones (excluding diaryl/α,β-unsaturated/α-hetero) is 1. The number of nitrogens with two attached hydrogens (primary N) is 1. The molecule has 8 heteroatoms. The van der Waals surface area contributed by atoms with Crippen LogP contribution in [0.2, 0.25) is 0 Å². The smallest absolute Gasteiger partial charge is 0.308 e. The second-order valence-corrected chi connectivity index (χ2v) is 8.05. The zero-order chi connectivity index (χ0) is 22.2. The Morgan fingerprint density at radius 1 is 1.23 bits per heavy atom. The van der Waals surface area contributed by atoms with Crippen molar-refractivity contribution in [2.24, 2.45) is 11.1 Å². The lowest BCUT2D eigenvalue weighted by Crippen LogP contribution is -2.33. The number of ketones is 1. The van der Waals surface area contributed by atoms with Gasteiger partial charge in [0.15, 0.2) is 17.3 Å². The van der Waals surface area contributed by atoms with E-state index in [1.807, 2.05) is 13.8 Å². The van der Waals surface area contributed by atoms with Gasteiger partial charge in [0.2, 0.25) is 11.6 Å². The number of nitrogens with zero attached hydrogens (tertiary/aromatic N) is 1. The number of carbonyl (C=O) groups is 2. The fraction of sp³-hybridized carbons (Fsp3) is 0.409. The van der Waals surface area contributed by atoms with Gasteiger partial charge in [-0.1, -0.05) is 13.8 Å². The summed E-state index contributed by atoms with van der Waals surface area (Å²) < 4.78 is 21.7. The molecular formula is C22H24N2O6. The summed E-state index contributed by atoms with van der Waals surface area (Å²) in [5.41, 5.74) is 6.86. The molecule has 0 radical (unpaired) electrons. The van der Waals surface area contributed by atoms with Gasteiger partial charge in [-0.25, -0.2) is 0 Å². The third-order valence-corrected chi connectivity index (χ3v) is 5.14. The molecule has 0 amide bonds. The molecule has 3 rings (SSSR count). The van der Waals surface area contributed by atoms with Crippen molar-refractivity contribution in [3.8, 4) is 23.3 Å². The first-order valence-corrected chi connectivity index (χ1v) is 9.40. The number of hydrogen-bond acceptors (Lipinski definition) is 8. The summed E-state index contributed by atoms with van der Waals surface area (Å²) >= 11 is 0. The highest BCUT2D eigenvalue weighted by Crippen LogP contribution is 2.50. The minimum absolute atomic E-state index is 0.0336. The van der Waals surface area contributed by atoms with Gasteiger partial charge in [-0.3, -0.25) is 9.59 Å². The lowest BCUT2D eigenvalue weighted by molar-refractivity contribution is -0.132. The Balaban J connectivity index is 2.24. The first kappa shape index (κ1) is 21.2. The minimum Gasteiger partial charge on any atom is -0.493 e. The third kappa shape index (κ3) is 3.71. The normalized spacial score (nSPS) is 20.1. The second-order valence-electron chi connectivity index (χ2n) is 8.05. The van der Waals surface area contributed by atoms with Crippen LogP contribution in [0.1, 0.15) is 45.1 Å². The predicted octanol–water partition coefficient (Wildman–Crippen LogP) is 3.08. The number of allylic oxidation sites excluding steroid dienone is 3. The van der Waals surface area contributed by atoms with Gasteiger partial charge >= 0.3 is 5.97 Å². The number of ether oxygens (including phenoxy) is 4. The summed E-state index contributed by atoms with van der Waals surface area (Å²) in [7, 11) is 2.84. The SMILES string of the molecule is COc1cc([C@@H]2C(C#N)=C(N)OC3=C2C(=O)CC(C)(C)C3)cc(OC)c1OC(C)=O. The van der Waals surface area contributed by atoms with Crippen molar-refractivity contribution in [1.82, 2.24) is 0 Å². The number of esters is 1. The van der Waals surface area contributed by atoms with Gasteiger partial charge < -0.3 is 24.7 Å². The summed E-state index contributed by atoms with van der Waals surface area (Å²) in [4.78, 5) is 24.6. The highest BCUT2D eigenvalue weighted by Gasteiger charge is 2.43. The zero-order valence-corrected chi connectivity index (χ0v) is 17.6. The topological polar surface area (TPSA) is 121 Å². The van der Waals surface area contributed by atoms with Crippen LogP contribution in [-0.2, 0) is 14.3 Å². The number of nitriles is 1. The van der Waals surface area contributed by atoms with Gasteiger partial charge in [-0.05, 0) is 23.1 Å². The maximum Gasteiger partial charge on any atom is 0.308 e. The molecule has 0 saturated heterocycles. The minimum atomic E-state index is -0.739. The Bertz CT molecular complexity index is 1000. The number of hydrogen-bond donors (Lipinski definition) is 1. The molecule has 30 heavy (non-hydrogen) atoms. The van der Waals surface area contributed by atoms with E-state index in [4.69, 9.17) is 24.7 Å². The molecule has 0 fully saturated rings. The van der Waals surface area contributed by atoms with Gasteiger partial charge in [-0.2, -0.15) is 5.26 Å². The van der Waals surface area contributed by atoms with E-state index in [0.29, 0.717) is 29.7 Å². The van der Waals surface area contributed by atoms with E-state index in [1.165, 1.54) is 21.1 Å². The van der Waals surface area contributed by atoms with Gasteiger partial charge in [0.05, 0.1) is 20.1 Å².